The van der Waals surface area contributed by atoms with Crippen molar-refractivity contribution in [3.8, 4) is 22.6 Å². The van der Waals surface area contributed by atoms with E-state index in [-0.39, 0.29) is 5.75 Å². The monoisotopic (exact) mass is 282 g/mol. The molecule has 21 heavy (non-hydrogen) atoms. The summed E-state index contributed by atoms with van der Waals surface area (Å²) in [5.41, 5.74) is 2.29. The molecule has 1 heterocycles. The number of fused-ring (bicyclic) bond motifs is 1. The summed E-state index contributed by atoms with van der Waals surface area (Å²) >= 11 is 0. The fourth-order valence-corrected chi connectivity index (χ4v) is 2.29. The van der Waals surface area contributed by atoms with Gasteiger partial charge in [-0.05, 0) is 41.8 Å². The van der Waals surface area contributed by atoms with Crippen LogP contribution in [0.5, 0.6) is 11.5 Å². The molecule has 0 saturated heterocycles. The van der Waals surface area contributed by atoms with Crippen molar-refractivity contribution < 1.29 is 14.3 Å². The molecular weight excluding hydrogens is 268 g/mol. The smallest absolute Gasteiger partial charge is 0.336 e. The highest BCUT2D eigenvalue weighted by Crippen LogP contribution is 2.32. The predicted octanol–water partition coefficient (Wildman–Crippen LogP) is 3.48. The maximum absolute atomic E-state index is 11.8. The van der Waals surface area contributed by atoms with Crippen molar-refractivity contribution in [1.29, 1.82) is 0 Å². The molecule has 1 aromatic heterocycles. The van der Waals surface area contributed by atoms with Crippen LogP contribution in [0.2, 0.25) is 0 Å². The largest absolute Gasteiger partial charge is 0.508 e. The zero-order valence-electron chi connectivity index (χ0n) is 11.7. The standard InChI is InChI=1S/C17H14O4/c1-10-3-4-11(7-15(10)18)14-9-17(19)21-16-8-12(20-2)5-6-13(14)16/h3-9,18H,1-2H3. The van der Waals surface area contributed by atoms with Gasteiger partial charge >= 0.3 is 5.63 Å². The van der Waals surface area contributed by atoms with Crippen molar-refractivity contribution in [2.75, 3.05) is 7.11 Å². The first-order valence-corrected chi connectivity index (χ1v) is 6.50. The van der Waals surface area contributed by atoms with E-state index in [0.29, 0.717) is 11.3 Å². The number of phenols is 1. The summed E-state index contributed by atoms with van der Waals surface area (Å²) in [6.45, 7) is 1.82. The third-order valence-corrected chi connectivity index (χ3v) is 3.47. The summed E-state index contributed by atoms with van der Waals surface area (Å²) in [6, 6.07) is 12.1. The topological polar surface area (TPSA) is 59.7 Å². The Morgan fingerprint density at radius 1 is 1.10 bits per heavy atom. The first kappa shape index (κ1) is 13.2. The molecule has 0 amide bonds. The molecule has 3 rings (SSSR count). The maximum atomic E-state index is 11.8. The Balaban J connectivity index is 2.31. The van der Waals surface area contributed by atoms with Gasteiger partial charge in [0.15, 0.2) is 0 Å². The first-order chi connectivity index (χ1) is 10.1. The highest BCUT2D eigenvalue weighted by Gasteiger charge is 2.10. The summed E-state index contributed by atoms with van der Waals surface area (Å²) in [7, 11) is 1.56. The van der Waals surface area contributed by atoms with Gasteiger partial charge in [0.2, 0.25) is 0 Å². The lowest BCUT2D eigenvalue weighted by Gasteiger charge is -2.08. The Labute approximate surface area is 121 Å². The molecule has 3 aromatic rings. The van der Waals surface area contributed by atoms with Gasteiger partial charge in [0.25, 0.3) is 0 Å². The molecule has 0 unspecified atom stereocenters. The Hall–Kier alpha value is -2.75. The molecule has 0 aliphatic heterocycles. The molecule has 0 saturated carbocycles. The van der Waals surface area contributed by atoms with Gasteiger partial charge in [0.1, 0.15) is 17.1 Å². The molecule has 0 atom stereocenters. The molecule has 0 radical (unpaired) electrons. The van der Waals surface area contributed by atoms with E-state index in [1.165, 1.54) is 6.07 Å². The number of aryl methyl sites for hydroxylation is 1. The lowest BCUT2D eigenvalue weighted by Crippen LogP contribution is -1.98. The van der Waals surface area contributed by atoms with Crippen molar-refractivity contribution >= 4 is 11.0 Å². The fourth-order valence-electron chi connectivity index (χ4n) is 2.29. The SMILES string of the molecule is COc1ccc2c(-c3ccc(C)c(O)c3)cc(=O)oc2c1. The van der Waals surface area contributed by atoms with Crippen LogP contribution >= 0.6 is 0 Å². The van der Waals surface area contributed by atoms with Crippen LogP contribution in [-0.2, 0) is 0 Å². The summed E-state index contributed by atoms with van der Waals surface area (Å²) in [5, 5.41) is 10.7. The second-order valence-corrected chi connectivity index (χ2v) is 4.84. The number of ether oxygens (including phenoxy) is 1. The fraction of sp³-hybridized carbons (Fsp3) is 0.118. The molecule has 106 valence electrons. The van der Waals surface area contributed by atoms with E-state index in [1.54, 1.807) is 25.3 Å². The van der Waals surface area contributed by atoms with Gasteiger partial charge in [0, 0.05) is 17.5 Å². The zero-order chi connectivity index (χ0) is 15.0. The summed E-state index contributed by atoms with van der Waals surface area (Å²) in [4.78, 5) is 11.8. The van der Waals surface area contributed by atoms with Crippen LogP contribution in [0.15, 0.2) is 51.7 Å². The minimum absolute atomic E-state index is 0.197. The molecule has 0 fully saturated rings. The number of benzene rings is 2. The van der Waals surface area contributed by atoms with E-state index < -0.39 is 5.63 Å². The maximum Gasteiger partial charge on any atom is 0.336 e. The first-order valence-electron chi connectivity index (χ1n) is 6.50. The summed E-state index contributed by atoms with van der Waals surface area (Å²) < 4.78 is 10.4. The number of hydrogen-bond acceptors (Lipinski definition) is 4. The molecule has 0 aliphatic rings. The summed E-state index contributed by atoms with van der Waals surface area (Å²) in [5.74, 6) is 0.817. The molecule has 0 aliphatic carbocycles. The van der Waals surface area contributed by atoms with Crippen LogP contribution in [-0.4, -0.2) is 12.2 Å². The molecule has 0 spiro atoms. The van der Waals surface area contributed by atoms with Gasteiger partial charge in [-0.1, -0.05) is 12.1 Å². The number of methoxy groups -OCH3 is 1. The average molecular weight is 282 g/mol. The van der Waals surface area contributed by atoms with Crippen molar-refractivity contribution in [3.63, 3.8) is 0 Å². The van der Waals surface area contributed by atoms with Crippen LogP contribution in [0.4, 0.5) is 0 Å². The van der Waals surface area contributed by atoms with Gasteiger partial charge in [-0.3, -0.25) is 0 Å². The van der Waals surface area contributed by atoms with Crippen molar-refractivity contribution in [1.82, 2.24) is 0 Å². The molecule has 2 aromatic carbocycles. The lowest BCUT2D eigenvalue weighted by molar-refractivity contribution is 0.414. The van der Waals surface area contributed by atoms with Gasteiger partial charge in [-0.2, -0.15) is 0 Å². The van der Waals surface area contributed by atoms with Crippen LogP contribution < -0.4 is 10.4 Å². The molecule has 4 nitrogen and oxygen atoms in total. The Morgan fingerprint density at radius 2 is 1.90 bits per heavy atom. The van der Waals surface area contributed by atoms with Gasteiger partial charge in [-0.15, -0.1) is 0 Å². The van der Waals surface area contributed by atoms with Gasteiger partial charge < -0.3 is 14.3 Å². The minimum atomic E-state index is -0.439. The minimum Gasteiger partial charge on any atom is -0.508 e. The lowest BCUT2D eigenvalue weighted by atomic mass is 10.0. The third-order valence-electron chi connectivity index (χ3n) is 3.47. The normalized spacial score (nSPS) is 10.8. The van der Waals surface area contributed by atoms with Crippen LogP contribution in [0.25, 0.3) is 22.1 Å². The second-order valence-electron chi connectivity index (χ2n) is 4.84. The predicted molar refractivity (Wildman–Crippen MR) is 80.9 cm³/mol. The van der Waals surface area contributed by atoms with E-state index in [0.717, 1.165) is 22.1 Å². The molecule has 4 heteroatoms. The quantitative estimate of drug-likeness (QED) is 0.731. The molecular formula is C17H14O4. The third kappa shape index (κ3) is 2.36. The van der Waals surface area contributed by atoms with E-state index in [9.17, 15) is 9.90 Å². The van der Waals surface area contributed by atoms with Crippen molar-refractivity contribution in [3.05, 3.63) is 58.4 Å². The Kier molecular flexibility index (Phi) is 3.14. The number of hydrogen-bond donors (Lipinski definition) is 1. The highest BCUT2D eigenvalue weighted by atomic mass is 16.5. The van der Waals surface area contributed by atoms with Crippen LogP contribution in [0, 0.1) is 6.92 Å². The average Bonchev–Trinajstić information content (AvgIpc) is 2.48. The number of phenolic OH excluding ortho intramolecular Hbond substituents is 1. The van der Waals surface area contributed by atoms with Crippen molar-refractivity contribution in [2.24, 2.45) is 0 Å². The number of aromatic hydroxyl groups is 1. The zero-order valence-corrected chi connectivity index (χ0v) is 11.7. The summed E-state index contributed by atoms with van der Waals surface area (Å²) in [6.07, 6.45) is 0. The van der Waals surface area contributed by atoms with Gasteiger partial charge in [-0.25, -0.2) is 4.79 Å². The molecule has 0 bridgehead atoms. The molecule has 1 N–H and O–H groups in total. The van der Waals surface area contributed by atoms with Crippen LogP contribution in [0.1, 0.15) is 5.56 Å². The van der Waals surface area contributed by atoms with E-state index in [4.69, 9.17) is 9.15 Å². The van der Waals surface area contributed by atoms with E-state index in [2.05, 4.69) is 0 Å². The Morgan fingerprint density at radius 3 is 2.62 bits per heavy atom. The second kappa shape index (κ2) is 4.98. The van der Waals surface area contributed by atoms with E-state index in [1.807, 2.05) is 25.1 Å². The van der Waals surface area contributed by atoms with Crippen molar-refractivity contribution in [2.45, 2.75) is 6.92 Å². The van der Waals surface area contributed by atoms with Crippen LogP contribution in [0.3, 0.4) is 0 Å². The Bertz CT molecular complexity index is 878. The highest BCUT2D eigenvalue weighted by molar-refractivity contribution is 5.94. The number of rotatable bonds is 2. The van der Waals surface area contributed by atoms with E-state index >= 15 is 0 Å². The van der Waals surface area contributed by atoms with Gasteiger partial charge in [0.05, 0.1) is 7.11 Å².